The molecule has 0 saturated heterocycles. The summed E-state index contributed by atoms with van der Waals surface area (Å²) in [5.74, 6) is 0.813. The van der Waals surface area contributed by atoms with E-state index in [2.05, 4.69) is 5.32 Å². The fourth-order valence-corrected chi connectivity index (χ4v) is 5.70. The molecule has 1 amide bonds. The Balaban J connectivity index is 2.10. The molecule has 1 N–H and O–H groups in total. The van der Waals surface area contributed by atoms with Gasteiger partial charge in [0, 0.05) is 25.3 Å². The van der Waals surface area contributed by atoms with Crippen LogP contribution in [0.5, 0.6) is 5.75 Å². The number of amides is 1. The lowest BCUT2D eigenvalue weighted by atomic mass is 9.89. The molecule has 8 heteroatoms. The molecule has 0 aromatic heterocycles. The zero-order valence-corrected chi connectivity index (χ0v) is 19.6. The van der Waals surface area contributed by atoms with E-state index >= 15 is 0 Å². The lowest BCUT2D eigenvalue weighted by molar-refractivity contribution is -0.117. The SMILES string of the molecule is CCOc1ccc(NC(=O)CN(C)CC2CCCCC2)cc1S(=O)(=O)N(CC)CC. The molecule has 1 fully saturated rings. The van der Waals surface area contributed by atoms with E-state index in [9.17, 15) is 13.2 Å². The number of hydrogen-bond acceptors (Lipinski definition) is 5. The van der Waals surface area contributed by atoms with Crippen molar-refractivity contribution < 1.29 is 17.9 Å². The van der Waals surface area contributed by atoms with Gasteiger partial charge in [0.1, 0.15) is 10.6 Å². The Morgan fingerprint density at radius 1 is 1.13 bits per heavy atom. The molecule has 30 heavy (non-hydrogen) atoms. The average molecular weight is 440 g/mol. The smallest absolute Gasteiger partial charge is 0.246 e. The number of anilines is 1. The molecular weight excluding hydrogens is 402 g/mol. The predicted octanol–water partition coefficient (Wildman–Crippen LogP) is 3.57. The summed E-state index contributed by atoms with van der Waals surface area (Å²) in [4.78, 5) is 14.7. The summed E-state index contributed by atoms with van der Waals surface area (Å²) in [6.07, 6.45) is 6.34. The third-order valence-electron chi connectivity index (χ3n) is 5.56. The minimum atomic E-state index is -3.71. The minimum Gasteiger partial charge on any atom is -0.492 e. The fourth-order valence-electron chi connectivity index (χ4n) is 4.09. The number of rotatable bonds is 11. The van der Waals surface area contributed by atoms with Crippen molar-refractivity contribution in [1.82, 2.24) is 9.21 Å². The highest BCUT2D eigenvalue weighted by Crippen LogP contribution is 2.30. The Bertz CT molecular complexity index is 788. The van der Waals surface area contributed by atoms with Crippen molar-refractivity contribution in [3.05, 3.63) is 18.2 Å². The van der Waals surface area contributed by atoms with Crippen LogP contribution in [0.1, 0.15) is 52.9 Å². The van der Waals surface area contributed by atoms with Gasteiger partial charge in [-0.3, -0.25) is 9.69 Å². The van der Waals surface area contributed by atoms with Gasteiger partial charge in [-0.1, -0.05) is 33.1 Å². The van der Waals surface area contributed by atoms with Crippen LogP contribution in [0, 0.1) is 5.92 Å². The highest BCUT2D eigenvalue weighted by molar-refractivity contribution is 7.89. The molecule has 0 bridgehead atoms. The average Bonchev–Trinajstić information content (AvgIpc) is 2.70. The predicted molar refractivity (Wildman–Crippen MR) is 120 cm³/mol. The quantitative estimate of drug-likeness (QED) is 0.570. The van der Waals surface area contributed by atoms with E-state index < -0.39 is 10.0 Å². The van der Waals surface area contributed by atoms with Crippen LogP contribution >= 0.6 is 0 Å². The van der Waals surface area contributed by atoms with Gasteiger partial charge in [0.15, 0.2) is 0 Å². The van der Waals surface area contributed by atoms with Crippen molar-refractivity contribution in [3.63, 3.8) is 0 Å². The second kappa shape index (κ2) is 11.7. The standard InChI is InChI=1S/C22H37N3O4S/c1-5-25(6-2)30(27,28)21-15-19(13-14-20(21)29-7-3)23-22(26)17-24(4)16-18-11-9-8-10-12-18/h13-15,18H,5-12,16-17H2,1-4H3,(H,23,26). The van der Waals surface area contributed by atoms with Gasteiger partial charge in [0.05, 0.1) is 13.2 Å². The van der Waals surface area contributed by atoms with E-state index in [0.29, 0.717) is 37.1 Å². The normalized spacial score (nSPS) is 15.5. The van der Waals surface area contributed by atoms with Crippen molar-refractivity contribution >= 4 is 21.6 Å². The Morgan fingerprint density at radius 2 is 1.80 bits per heavy atom. The maximum Gasteiger partial charge on any atom is 0.246 e. The first kappa shape index (κ1) is 24.6. The summed E-state index contributed by atoms with van der Waals surface area (Å²) in [7, 11) is -1.75. The Labute approximate surface area is 181 Å². The van der Waals surface area contributed by atoms with Crippen molar-refractivity contribution in [2.45, 2.75) is 57.8 Å². The summed E-state index contributed by atoms with van der Waals surface area (Å²) in [5.41, 5.74) is 0.459. The van der Waals surface area contributed by atoms with E-state index in [0.717, 1.165) is 6.54 Å². The molecule has 2 rings (SSSR count). The van der Waals surface area contributed by atoms with Crippen LogP contribution in [-0.4, -0.2) is 63.4 Å². The zero-order chi connectivity index (χ0) is 22.1. The van der Waals surface area contributed by atoms with Crippen LogP contribution in [0.2, 0.25) is 0 Å². The number of ether oxygens (including phenoxy) is 1. The zero-order valence-electron chi connectivity index (χ0n) is 18.8. The molecule has 7 nitrogen and oxygen atoms in total. The van der Waals surface area contributed by atoms with E-state index in [-0.39, 0.29) is 17.3 Å². The molecule has 0 radical (unpaired) electrons. The van der Waals surface area contributed by atoms with Crippen LogP contribution in [0.3, 0.4) is 0 Å². The number of likely N-dealkylation sites (N-methyl/N-ethyl adjacent to an activating group) is 1. The van der Waals surface area contributed by atoms with Gasteiger partial charge in [0.25, 0.3) is 0 Å². The first-order valence-corrected chi connectivity index (χ1v) is 12.5. The molecule has 0 spiro atoms. The minimum absolute atomic E-state index is 0.0846. The third-order valence-corrected chi connectivity index (χ3v) is 7.63. The number of nitrogens with one attached hydrogen (secondary N) is 1. The second-order valence-electron chi connectivity index (χ2n) is 7.93. The molecule has 1 aliphatic carbocycles. The van der Waals surface area contributed by atoms with Crippen LogP contribution in [0.15, 0.2) is 23.1 Å². The van der Waals surface area contributed by atoms with Gasteiger partial charge in [0.2, 0.25) is 15.9 Å². The van der Waals surface area contributed by atoms with Crippen molar-refractivity contribution in [3.8, 4) is 5.75 Å². The van der Waals surface area contributed by atoms with E-state index in [4.69, 9.17) is 4.74 Å². The number of carbonyl (C=O) groups excluding carboxylic acids is 1. The van der Waals surface area contributed by atoms with Gasteiger partial charge in [-0.25, -0.2) is 8.42 Å². The summed E-state index contributed by atoms with van der Waals surface area (Å²) >= 11 is 0. The lowest BCUT2D eigenvalue weighted by Gasteiger charge is -2.26. The highest BCUT2D eigenvalue weighted by Gasteiger charge is 2.26. The first-order valence-electron chi connectivity index (χ1n) is 11.1. The summed E-state index contributed by atoms with van der Waals surface area (Å²) < 4.78 is 33.0. The first-order chi connectivity index (χ1) is 14.3. The van der Waals surface area contributed by atoms with Gasteiger partial charge < -0.3 is 10.1 Å². The molecule has 1 aromatic carbocycles. The van der Waals surface area contributed by atoms with Crippen LogP contribution < -0.4 is 10.1 Å². The molecule has 0 aliphatic heterocycles. The Morgan fingerprint density at radius 3 is 2.40 bits per heavy atom. The van der Waals surface area contributed by atoms with E-state index in [1.807, 2.05) is 18.9 Å². The van der Waals surface area contributed by atoms with Crippen LogP contribution in [0.25, 0.3) is 0 Å². The van der Waals surface area contributed by atoms with Crippen LogP contribution in [-0.2, 0) is 14.8 Å². The van der Waals surface area contributed by atoms with Crippen molar-refractivity contribution in [2.24, 2.45) is 5.92 Å². The molecule has 0 unspecified atom stereocenters. The van der Waals surface area contributed by atoms with Gasteiger partial charge in [-0.15, -0.1) is 0 Å². The molecule has 0 heterocycles. The number of hydrogen-bond donors (Lipinski definition) is 1. The summed E-state index contributed by atoms with van der Waals surface area (Å²) in [6, 6.07) is 4.80. The Hall–Kier alpha value is -1.64. The molecule has 1 aromatic rings. The topological polar surface area (TPSA) is 79.0 Å². The molecule has 0 atom stereocenters. The fraction of sp³-hybridized carbons (Fsp3) is 0.682. The molecular formula is C22H37N3O4S. The summed E-state index contributed by atoms with van der Waals surface area (Å²) in [5, 5.41) is 2.85. The van der Waals surface area contributed by atoms with Gasteiger partial charge in [-0.2, -0.15) is 4.31 Å². The Kier molecular flexibility index (Phi) is 9.58. The lowest BCUT2D eigenvalue weighted by Crippen LogP contribution is -2.34. The van der Waals surface area contributed by atoms with Crippen molar-refractivity contribution in [1.29, 1.82) is 0 Å². The second-order valence-corrected chi connectivity index (χ2v) is 9.84. The molecule has 1 saturated carbocycles. The number of nitrogens with zero attached hydrogens (tertiary/aromatic N) is 2. The molecule has 1 aliphatic rings. The maximum atomic E-state index is 13.1. The number of benzene rings is 1. The van der Waals surface area contributed by atoms with E-state index in [1.165, 1.54) is 42.5 Å². The largest absolute Gasteiger partial charge is 0.492 e. The number of carbonyl (C=O) groups is 1. The molecule has 170 valence electrons. The highest BCUT2D eigenvalue weighted by atomic mass is 32.2. The van der Waals surface area contributed by atoms with Gasteiger partial charge in [-0.05, 0) is 50.9 Å². The number of sulfonamides is 1. The monoisotopic (exact) mass is 439 g/mol. The third kappa shape index (κ3) is 6.68. The maximum absolute atomic E-state index is 13.1. The van der Waals surface area contributed by atoms with Gasteiger partial charge >= 0.3 is 0 Å². The van der Waals surface area contributed by atoms with E-state index in [1.54, 1.807) is 26.0 Å². The summed E-state index contributed by atoms with van der Waals surface area (Å²) in [6.45, 7) is 7.70. The van der Waals surface area contributed by atoms with Crippen molar-refractivity contribution in [2.75, 3.05) is 45.2 Å². The van der Waals surface area contributed by atoms with Crippen LogP contribution in [0.4, 0.5) is 5.69 Å².